The maximum atomic E-state index is 6.11. The molecule has 0 radical (unpaired) electrons. The van der Waals surface area contributed by atoms with E-state index in [0.717, 1.165) is 33.6 Å². The topological polar surface area (TPSA) is 48.8 Å². The van der Waals surface area contributed by atoms with E-state index >= 15 is 0 Å². The lowest BCUT2D eigenvalue weighted by molar-refractivity contribution is 1.33. The molecule has 0 amide bonds. The van der Waals surface area contributed by atoms with E-state index in [1.54, 1.807) is 12.4 Å². The number of nitrogens with one attached hydrogen (secondary N) is 2. The lowest BCUT2D eigenvalue weighted by Gasteiger charge is -2.03. The highest BCUT2D eigenvalue weighted by Crippen LogP contribution is 2.20. The third-order valence-electron chi connectivity index (χ3n) is 4.09. The lowest BCUT2D eigenvalue weighted by Crippen LogP contribution is -1.93. The fourth-order valence-electron chi connectivity index (χ4n) is 2.36. The second-order valence-electron chi connectivity index (χ2n) is 6.33. The summed E-state index contributed by atoms with van der Waals surface area (Å²) in [7, 11) is 0. The minimum Gasteiger partial charge on any atom is -0.278 e. The van der Waals surface area contributed by atoms with Crippen molar-refractivity contribution in [2.75, 3.05) is 10.9 Å². The van der Waals surface area contributed by atoms with Gasteiger partial charge in [-0.1, -0.05) is 59.6 Å². The van der Waals surface area contributed by atoms with E-state index in [4.69, 9.17) is 23.2 Å². The van der Waals surface area contributed by atoms with Crippen LogP contribution in [0.2, 0.25) is 10.0 Å². The predicted molar refractivity (Wildman–Crippen MR) is 121 cm³/mol. The smallest absolute Gasteiger partial charge is 0.0576 e. The number of halogens is 2. The molecule has 0 saturated heterocycles. The van der Waals surface area contributed by atoms with Crippen LogP contribution >= 0.6 is 23.2 Å². The van der Waals surface area contributed by atoms with Crippen LogP contribution in [0.4, 0.5) is 11.4 Å². The van der Waals surface area contributed by atoms with Crippen LogP contribution in [-0.4, -0.2) is 12.4 Å². The first kappa shape index (κ1) is 19.9. The molecule has 4 nitrogen and oxygen atoms in total. The normalized spacial score (nSPS) is 11.3. The number of hydrogen-bond donors (Lipinski definition) is 2. The average molecular weight is 411 g/mol. The van der Waals surface area contributed by atoms with Crippen molar-refractivity contribution in [2.24, 2.45) is 10.2 Å². The van der Waals surface area contributed by atoms with Crippen LogP contribution in [0.25, 0.3) is 0 Å². The molecule has 0 aliphatic carbocycles. The van der Waals surface area contributed by atoms with E-state index in [-0.39, 0.29) is 0 Å². The van der Waals surface area contributed by atoms with Crippen molar-refractivity contribution in [1.29, 1.82) is 0 Å². The predicted octanol–water partition coefficient (Wildman–Crippen LogP) is 6.50. The first-order chi connectivity index (χ1) is 13.5. The van der Waals surface area contributed by atoms with E-state index in [2.05, 4.69) is 21.1 Å². The fourth-order valence-corrected chi connectivity index (χ4v) is 2.72. The van der Waals surface area contributed by atoms with Crippen molar-refractivity contribution in [1.82, 2.24) is 0 Å². The molecule has 0 heterocycles. The highest BCUT2D eigenvalue weighted by molar-refractivity contribution is 6.31. The van der Waals surface area contributed by atoms with Crippen LogP contribution in [0.5, 0.6) is 0 Å². The SMILES string of the molecule is Cc1ccc(NN=Cc2ccc(C=NNc3ccc(C)c(Cl)c3)cc2)cc1Cl. The molecular weight excluding hydrogens is 391 g/mol. The van der Waals surface area contributed by atoms with Gasteiger partial charge in [-0.15, -0.1) is 0 Å². The zero-order valence-corrected chi connectivity index (χ0v) is 17.1. The third-order valence-corrected chi connectivity index (χ3v) is 4.91. The van der Waals surface area contributed by atoms with Gasteiger partial charge < -0.3 is 0 Å². The van der Waals surface area contributed by atoms with Crippen LogP contribution in [0, 0.1) is 13.8 Å². The number of anilines is 2. The van der Waals surface area contributed by atoms with Gasteiger partial charge in [0.1, 0.15) is 0 Å². The van der Waals surface area contributed by atoms with Crippen LogP contribution in [0.15, 0.2) is 70.9 Å². The summed E-state index contributed by atoms with van der Waals surface area (Å²) >= 11 is 12.2. The summed E-state index contributed by atoms with van der Waals surface area (Å²) in [5.74, 6) is 0. The molecule has 0 aliphatic heterocycles. The summed E-state index contributed by atoms with van der Waals surface area (Å²) in [5, 5.41) is 9.90. The molecule has 0 atom stereocenters. The van der Waals surface area contributed by atoms with Crippen molar-refractivity contribution in [3.63, 3.8) is 0 Å². The molecule has 0 aromatic heterocycles. The van der Waals surface area contributed by atoms with Gasteiger partial charge in [0, 0.05) is 10.0 Å². The number of benzene rings is 3. The molecular formula is C22H20Cl2N4. The Morgan fingerprint density at radius 3 is 1.39 bits per heavy atom. The molecule has 28 heavy (non-hydrogen) atoms. The average Bonchev–Trinajstić information content (AvgIpc) is 2.69. The van der Waals surface area contributed by atoms with E-state index in [1.165, 1.54) is 0 Å². The standard InChI is InChI=1S/C22H20Cl2N4/c1-15-3-9-19(11-21(15)23)27-25-13-17-5-7-18(8-6-17)14-26-28-20-10-4-16(2)22(24)12-20/h3-14,27-28H,1-2H3. The minimum atomic E-state index is 0.713. The summed E-state index contributed by atoms with van der Waals surface area (Å²) < 4.78 is 0. The summed E-state index contributed by atoms with van der Waals surface area (Å²) in [6.45, 7) is 3.93. The summed E-state index contributed by atoms with van der Waals surface area (Å²) in [6.07, 6.45) is 3.50. The Morgan fingerprint density at radius 1 is 0.643 bits per heavy atom. The Labute approximate surface area is 174 Å². The van der Waals surface area contributed by atoms with Gasteiger partial charge in [0.05, 0.1) is 23.8 Å². The Bertz CT molecular complexity index is 929. The Hall–Kier alpha value is -2.82. The zero-order valence-electron chi connectivity index (χ0n) is 15.6. The highest BCUT2D eigenvalue weighted by Gasteiger charge is 1.97. The summed E-state index contributed by atoms with van der Waals surface area (Å²) in [4.78, 5) is 0. The van der Waals surface area contributed by atoms with Gasteiger partial charge in [0.2, 0.25) is 0 Å². The van der Waals surface area contributed by atoms with Gasteiger partial charge in [-0.05, 0) is 60.4 Å². The number of aryl methyl sites for hydroxylation is 2. The Kier molecular flexibility index (Phi) is 6.69. The molecule has 0 fully saturated rings. The molecule has 0 unspecified atom stereocenters. The first-order valence-corrected chi connectivity index (χ1v) is 9.47. The van der Waals surface area contributed by atoms with Crippen LogP contribution in [0.1, 0.15) is 22.3 Å². The van der Waals surface area contributed by atoms with Crippen molar-refractivity contribution >= 4 is 47.0 Å². The van der Waals surface area contributed by atoms with Gasteiger partial charge >= 0.3 is 0 Å². The molecule has 2 N–H and O–H groups in total. The van der Waals surface area contributed by atoms with Gasteiger partial charge in [-0.2, -0.15) is 10.2 Å². The molecule has 142 valence electrons. The van der Waals surface area contributed by atoms with Gasteiger partial charge in [-0.3, -0.25) is 10.9 Å². The van der Waals surface area contributed by atoms with Gasteiger partial charge in [0.15, 0.2) is 0 Å². The monoisotopic (exact) mass is 410 g/mol. The van der Waals surface area contributed by atoms with E-state index in [1.807, 2.05) is 74.5 Å². The number of hydrogen-bond acceptors (Lipinski definition) is 4. The maximum Gasteiger partial charge on any atom is 0.0576 e. The van der Waals surface area contributed by atoms with Crippen molar-refractivity contribution in [3.8, 4) is 0 Å². The molecule has 0 aliphatic rings. The lowest BCUT2D eigenvalue weighted by atomic mass is 10.2. The van der Waals surface area contributed by atoms with Gasteiger partial charge in [-0.25, -0.2) is 0 Å². The molecule has 3 aromatic carbocycles. The quantitative estimate of drug-likeness (QED) is 0.359. The molecule has 0 bridgehead atoms. The first-order valence-electron chi connectivity index (χ1n) is 8.72. The fraction of sp³-hybridized carbons (Fsp3) is 0.0909. The molecule has 6 heteroatoms. The van der Waals surface area contributed by atoms with Crippen LogP contribution < -0.4 is 10.9 Å². The van der Waals surface area contributed by atoms with Crippen LogP contribution in [-0.2, 0) is 0 Å². The molecule has 0 spiro atoms. The zero-order chi connectivity index (χ0) is 19.9. The number of nitrogens with zero attached hydrogens (tertiary/aromatic N) is 2. The van der Waals surface area contributed by atoms with Crippen molar-refractivity contribution in [2.45, 2.75) is 13.8 Å². The molecule has 0 saturated carbocycles. The largest absolute Gasteiger partial charge is 0.278 e. The summed E-state index contributed by atoms with van der Waals surface area (Å²) in [6, 6.07) is 19.4. The number of hydrazone groups is 2. The third kappa shape index (κ3) is 5.59. The van der Waals surface area contributed by atoms with Crippen molar-refractivity contribution in [3.05, 3.63) is 93.0 Å². The maximum absolute atomic E-state index is 6.11. The molecule has 3 rings (SSSR count). The van der Waals surface area contributed by atoms with Gasteiger partial charge in [0.25, 0.3) is 0 Å². The highest BCUT2D eigenvalue weighted by atomic mass is 35.5. The van der Waals surface area contributed by atoms with Crippen LogP contribution in [0.3, 0.4) is 0 Å². The van der Waals surface area contributed by atoms with E-state index in [9.17, 15) is 0 Å². The Morgan fingerprint density at radius 2 is 1.04 bits per heavy atom. The summed E-state index contributed by atoms with van der Waals surface area (Å²) in [5.41, 5.74) is 11.7. The second kappa shape index (κ2) is 9.40. The minimum absolute atomic E-state index is 0.713. The second-order valence-corrected chi connectivity index (χ2v) is 7.15. The van der Waals surface area contributed by atoms with E-state index < -0.39 is 0 Å². The van der Waals surface area contributed by atoms with Crippen molar-refractivity contribution < 1.29 is 0 Å². The molecule has 3 aromatic rings. The number of rotatable bonds is 6. The van der Waals surface area contributed by atoms with E-state index in [0.29, 0.717) is 10.0 Å². The Balaban J connectivity index is 1.55.